The molecule has 3 N–H and O–H groups in total. The molecule has 0 spiro atoms. The number of nitrogen functional groups attached to an aromatic ring is 1. The molecule has 1 aromatic heterocycles. The van der Waals surface area contributed by atoms with Crippen LogP contribution in [0.15, 0.2) is 30.5 Å². The smallest absolute Gasteiger partial charge is 0.355 e. The van der Waals surface area contributed by atoms with Crippen molar-refractivity contribution in [3.8, 4) is 11.1 Å². The van der Waals surface area contributed by atoms with Gasteiger partial charge in [0.05, 0.1) is 0 Å². The lowest BCUT2D eigenvalue weighted by molar-refractivity contribution is 0.0691. The van der Waals surface area contributed by atoms with Gasteiger partial charge in [0.15, 0.2) is 5.69 Å². The molecule has 0 amide bonds. The van der Waals surface area contributed by atoms with E-state index in [0.29, 0.717) is 16.1 Å². The van der Waals surface area contributed by atoms with Crippen LogP contribution in [0.3, 0.4) is 0 Å². The first-order chi connectivity index (χ1) is 8.08. The molecular formula is C11H8ClN3O2. The van der Waals surface area contributed by atoms with Crippen molar-refractivity contribution in [2.75, 3.05) is 5.73 Å². The average Bonchev–Trinajstić information content (AvgIpc) is 2.28. The zero-order valence-corrected chi connectivity index (χ0v) is 9.35. The molecule has 0 aliphatic carbocycles. The number of hydrogen-bond donors (Lipinski definition) is 2. The fourth-order valence-electron chi connectivity index (χ4n) is 1.43. The van der Waals surface area contributed by atoms with Crippen molar-refractivity contribution in [3.63, 3.8) is 0 Å². The van der Waals surface area contributed by atoms with Gasteiger partial charge in [-0.2, -0.15) is 0 Å². The number of nitrogens with zero attached hydrogens (tertiary/aromatic N) is 2. The third-order valence-corrected chi connectivity index (χ3v) is 2.38. The number of benzene rings is 1. The minimum Gasteiger partial charge on any atom is -0.476 e. The van der Waals surface area contributed by atoms with Gasteiger partial charge in [-0.15, -0.1) is 0 Å². The predicted molar refractivity (Wildman–Crippen MR) is 63.8 cm³/mol. The molecule has 17 heavy (non-hydrogen) atoms. The second-order valence-electron chi connectivity index (χ2n) is 3.31. The van der Waals surface area contributed by atoms with E-state index in [4.69, 9.17) is 22.4 Å². The molecule has 2 rings (SSSR count). The first-order valence-corrected chi connectivity index (χ1v) is 5.07. The molecule has 2 aromatic rings. The van der Waals surface area contributed by atoms with Gasteiger partial charge in [-0.25, -0.2) is 14.8 Å². The van der Waals surface area contributed by atoms with Gasteiger partial charge in [-0.1, -0.05) is 23.7 Å². The van der Waals surface area contributed by atoms with Crippen molar-refractivity contribution in [2.45, 2.75) is 0 Å². The second kappa shape index (κ2) is 4.39. The number of aromatic carboxylic acids is 1. The average molecular weight is 250 g/mol. The Labute approximate surface area is 102 Å². The SMILES string of the molecule is Nc1ncc(-c2cccc(Cl)c2)c(C(=O)O)n1. The van der Waals surface area contributed by atoms with Crippen LogP contribution in [0, 0.1) is 0 Å². The van der Waals surface area contributed by atoms with Crippen LogP contribution in [0.1, 0.15) is 10.5 Å². The Bertz CT molecular complexity index is 587. The van der Waals surface area contributed by atoms with E-state index in [9.17, 15) is 4.79 Å². The van der Waals surface area contributed by atoms with Crippen molar-refractivity contribution in [1.82, 2.24) is 9.97 Å². The van der Waals surface area contributed by atoms with Gasteiger partial charge >= 0.3 is 5.97 Å². The molecule has 1 heterocycles. The minimum atomic E-state index is -1.16. The van der Waals surface area contributed by atoms with E-state index >= 15 is 0 Å². The van der Waals surface area contributed by atoms with Crippen LogP contribution in [0.25, 0.3) is 11.1 Å². The number of hydrogen-bond acceptors (Lipinski definition) is 4. The molecule has 1 aromatic carbocycles. The molecule has 6 heteroatoms. The minimum absolute atomic E-state index is 0.0758. The quantitative estimate of drug-likeness (QED) is 0.851. The number of carboxylic acids is 1. The molecule has 5 nitrogen and oxygen atoms in total. The van der Waals surface area contributed by atoms with Gasteiger partial charge in [-0.05, 0) is 17.7 Å². The zero-order chi connectivity index (χ0) is 12.4. The summed E-state index contributed by atoms with van der Waals surface area (Å²) < 4.78 is 0. The predicted octanol–water partition coefficient (Wildman–Crippen LogP) is 2.08. The first kappa shape index (κ1) is 11.3. The summed E-state index contributed by atoms with van der Waals surface area (Å²) in [6.45, 7) is 0. The van der Waals surface area contributed by atoms with Gasteiger partial charge < -0.3 is 10.8 Å². The summed E-state index contributed by atoms with van der Waals surface area (Å²) in [5, 5.41) is 9.55. The summed E-state index contributed by atoms with van der Waals surface area (Å²) in [6.07, 6.45) is 1.37. The van der Waals surface area contributed by atoms with Crippen LogP contribution in [0.5, 0.6) is 0 Å². The molecule has 0 saturated carbocycles. The Morgan fingerprint density at radius 2 is 2.18 bits per heavy atom. The molecule has 0 bridgehead atoms. The largest absolute Gasteiger partial charge is 0.476 e. The molecule has 0 radical (unpaired) electrons. The Morgan fingerprint density at radius 1 is 1.41 bits per heavy atom. The molecule has 0 saturated heterocycles. The molecule has 86 valence electrons. The molecule has 0 fully saturated rings. The lowest BCUT2D eigenvalue weighted by Crippen LogP contribution is -2.07. The maximum Gasteiger partial charge on any atom is 0.355 e. The second-order valence-corrected chi connectivity index (χ2v) is 3.74. The highest BCUT2D eigenvalue weighted by Gasteiger charge is 2.14. The number of halogens is 1. The summed E-state index contributed by atoms with van der Waals surface area (Å²) in [5.74, 6) is -1.23. The third kappa shape index (κ3) is 2.34. The van der Waals surface area contributed by atoms with Crippen molar-refractivity contribution < 1.29 is 9.90 Å². The molecule has 0 aliphatic heterocycles. The van der Waals surface area contributed by atoms with E-state index in [-0.39, 0.29) is 11.6 Å². The zero-order valence-electron chi connectivity index (χ0n) is 8.59. The lowest BCUT2D eigenvalue weighted by Gasteiger charge is -2.05. The summed E-state index contributed by atoms with van der Waals surface area (Å²) in [7, 11) is 0. The highest BCUT2D eigenvalue weighted by Crippen LogP contribution is 2.24. The van der Waals surface area contributed by atoms with E-state index in [1.54, 1.807) is 24.3 Å². The number of aromatic nitrogens is 2. The van der Waals surface area contributed by atoms with Gasteiger partial charge in [0.2, 0.25) is 5.95 Å². The van der Waals surface area contributed by atoms with E-state index in [0.717, 1.165) is 0 Å². The van der Waals surface area contributed by atoms with Gasteiger partial charge in [-0.3, -0.25) is 0 Å². The van der Waals surface area contributed by atoms with E-state index in [1.807, 2.05) is 0 Å². The van der Waals surface area contributed by atoms with E-state index in [2.05, 4.69) is 9.97 Å². The van der Waals surface area contributed by atoms with Gasteiger partial charge in [0, 0.05) is 16.8 Å². The Hall–Kier alpha value is -2.14. The summed E-state index contributed by atoms with van der Waals surface area (Å²) >= 11 is 5.84. The van der Waals surface area contributed by atoms with Crippen LogP contribution in [-0.4, -0.2) is 21.0 Å². The van der Waals surface area contributed by atoms with Crippen LogP contribution in [-0.2, 0) is 0 Å². The summed E-state index contributed by atoms with van der Waals surface area (Å²) in [5.41, 5.74) is 6.24. The fourth-order valence-corrected chi connectivity index (χ4v) is 1.62. The highest BCUT2D eigenvalue weighted by atomic mass is 35.5. The van der Waals surface area contributed by atoms with Crippen molar-refractivity contribution in [3.05, 3.63) is 41.2 Å². The van der Waals surface area contributed by atoms with Crippen LogP contribution < -0.4 is 5.73 Å². The van der Waals surface area contributed by atoms with Gasteiger partial charge in [0.1, 0.15) is 0 Å². The monoisotopic (exact) mass is 249 g/mol. The van der Waals surface area contributed by atoms with Crippen LogP contribution >= 0.6 is 11.6 Å². The standard InChI is InChI=1S/C11H8ClN3O2/c12-7-3-1-2-6(4-7)8-5-14-11(13)15-9(8)10(16)17/h1-5H,(H,16,17)(H2,13,14,15). The van der Waals surface area contributed by atoms with Crippen molar-refractivity contribution in [1.29, 1.82) is 0 Å². The first-order valence-electron chi connectivity index (χ1n) is 4.69. The fraction of sp³-hybridized carbons (Fsp3) is 0. The maximum atomic E-state index is 11.1. The molecule has 0 unspecified atom stereocenters. The topological polar surface area (TPSA) is 89.1 Å². The molecule has 0 aliphatic rings. The molecular weight excluding hydrogens is 242 g/mol. The normalized spacial score (nSPS) is 10.2. The Balaban J connectivity index is 2.63. The highest BCUT2D eigenvalue weighted by molar-refractivity contribution is 6.30. The Kier molecular flexibility index (Phi) is 2.93. The maximum absolute atomic E-state index is 11.1. The summed E-state index contributed by atoms with van der Waals surface area (Å²) in [4.78, 5) is 18.5. The van der Waals surface area contributed by atoms with Crippen LogP contribution in [0.2, 0.25) is 5.02 Å². The van der Waals surface area contributed by atoms with Gasteiger partial charge in [0.25, 0.3) is 0 Å². The van der Waals surface area contributed by atoms with Crippen molar-refractivity contribution >= 4 is 23.5 Å². The number of rotatable bonds is 2. The molecule has 0 atom stereocenters. The van der Waals surface area contributed by atoms with E-state index < -0.39 is 5.97 Å². The Morgan fingerprint density at radius 3 is 2.82 bits per heavy atom. The number of nitrogens with two attached hydrogens (primary N) is 1. The van der Waals surface area contributed by atoms with Crippen LogP contribution in [0.4, 0.5) is 5.95 Å². The third-order valence-electron chi connectivity index (χ3n) is 2.15. The number of carboxylic acid groups (broad SMARTS) is 1. The van der Waals surface area contributed by atoms with E-state index in [1.165, 1.54) is 6.20 Å². The summed E-state index contributed by atoms with van der Waals surface area (Å²) in [6, 6.07) is 6.79. The lowest BCUT2D eigenvalue weighted by atomic mass is 10.1. The number of anilines is 1. The number of carbonyl (C=O) groups is 1. The van der Waals surface area contributed by atoms with Crippen molar-refractivity contribution in [2.24, 2.45) is 0 Å².